The minimum absolute atomic E-state index is 0.342. The first-order valence-electron chi connectivity index (χ1n) is 21.4. The van der Waals surface area contributed by atoms with Gasteiger partial charge < -0.3 is 53.1 Å². The normalized spacial score (nSPS) is 13.4. The fraction of sp³-hybridized carbons (Fsp3) is 1.00. The molecule has 0 saturated heterocycles. The van der Waals surface area contributed by atoms with E-state index in [9.17, 15) is 0 Å². The van der Waals surface area contributed by atoms with Gasteiger partial charge in [0.25, 0.3) is 0 Å². The van der Waals surface area contributed by atoms with Gasteiger partial charge in [0.15, 0.2) is 0 Å². The van der Waals surface area contributed by atoms with Crippen molar-refractivity contribution >= 4 is 39.4 Å². The van der Waals surface area contributed by atoms with Crippen LogP contribution in [0.2, 0.25) is 0 Å². The highest BCUT2D eigenvalue weighted by atomic mass is 30.0. The van der Waals surface area contributed by atoms with E-state index in [2.05, 4.69) is 83.1 Å². The standard InChI is InChI=1S/C36H84O12Si5/c1-13-25-37-49(38-26-14-2,39-27-15-3)51(43-31-19-7,44-32-20-8)53(47-35-23-11,48-36-24-12)52(45-33-21-9,46-34-22-10)50(40-28-16-4,41-29-17-5)42-30-18-6/h13-36H2,1-12H3. The van der Waals surface area contributed by atoms with E-state index in [0.717, 1.165) is 38.5 Å². The molecule has 0 unspecified atom stereocenters. The Morgan fingerprint density at radius 3 is 0.472 bits per heavy atom. The highest BCUT2D eigenvalue weighted by molar-refractivity contribution is 7.83. The van der Waals surface area contributed by atoms with Crippen LogP contribution in [0.1, 0.15) is 160 Å². The molecular weight excluding hydrogens is 765 g/mol. The van der Waals surface area contributed by atoms with Crippen LogP contribution in [0.3, 0.4) is 0 Å². The van der Waals surface area contributed by atoms with E-state index >= 15 is 0 Å². The van der Waals surface area contributed by atoms with Crippen LogP contribution in [0.25, 0.3) is 0 Å². The van der Waals surface area contributed by atoms with Crippen molar-refractivity contribution in [2.45, 2.75) is 160 Å². The third-order valence-corrected chi connectivity index (χ3v) is 57.9. The maximum atomic E-state index is 7.62. The second kappa shape index (κ2) is 31.6. The highest BCUT2D eigenvalue weighted by Crippen LogP contribution is 2.46. The summed E-state index contributed by atoms with van der Waals surface area (Å²) < 4.78 is 88.2. The quantitative estimate of drug-likeness (QED) is 0.0551. The Labute approximate surface area is 330 Å². The van der Waals surface area contributed by atoms with Crippen molar-refractivity contribution in [2.24, 2.45) is 0 Å². The van der Waals surface area contributed by atoms with Gasteiger partial charge in [-0.05, 0) is 77.0 Å². The Hall–Kier alpha value is 0.604. The molecule has 0 bridgehead atoms. The molecule has 0 aromatic carbocycles. The SMILES string of the molecule is CCCO[Si](OCCC)(OCCC)[Si](OCCC)(OCCC)[Si](OCCC)(OCCC)[Si](OCCC)(OCCC)[Si](OCCC)(OCCC)OCCC. The average molecular weight is 849 g/mol. The van der Waals surface area contributed by atoms with Crippen LogP contribution in [0.5, 0.6) is 0 Å². The summed E-state index contributed by atoms with van der Waals surface area (Å²) in [6.07, 6.45) is 8.70. The van der Waals surface area contributed by atoms with Crippen molar-refractivity contribution in [3.8, 4) is 0 Å². The summed E-state index contributed by atoms with van der Waals surface area (Å²) in [5.74, 6) is 0. The van der Waals surface area contributed by atoms with Gasteiger partial charge in [-0.15, -0.1) is 0 Å². The topological polar surface area (TPSA) is 111 Å². The zero-order valence-corrected chi connectivity index (χ0v) is 41.4. The lowest BCUT2D eigenvalue weighted by atomic mass is 10.5. The van der Waals surface area contributed by atoms with Crippen molar-refractivity contribution in [2.75, 3.05) is 79.3 Å². The lowest BCUT2D eigenvalue weighted by Gasteiger charge is -2.56. The Bertz CT molecular complexity index is 725. The first-order chi connectivity index (χ1) is 25.7. The average Bonchev–Trinajstić information content (AvgIpc) is 3.18. The molecule has 320 valence electrons. The second-order valence-electron chi connectivity index (χ2n) is 13.1. The molecule has 0 radical (unpaired) electrons. The molecule has 0 fully saturated rings. The van der Waals surface area contributed by atoms with Crippen molar-refractivity contribution < 1.29 is 53.1 Å². The monoisotopic (exact) mass is 848 g/mol. The van der Waals surface area contributed by atoms with Crippen LogP contribution in [-0.4, -0.2) is 119 Å². The van der Waals surface area contributed by atoms with Crippen molar-refractivity contribution in [3.63, 3.8) is 0 Å². The van der Waals surface area contributed by atoms with Gasteiger partial charge in [-0.25, -0.2) is 0 Å². The summed E-state index contributed by atoms with van der Waals surface area (Å²) in [6, 6.07) is 0. The molecule has 0 aliphatic heterocycles. The van der Waals surface area contributed by atoms with E-state index in [4.69, 9.17) is 53.1 Å². The summed E-state index contributed by atoms with van der Waals surface area (Å²) in [7, 11) is -21.0. The van der Waals surface area contributed by atoms with E-state index in [1.165, 1.54) is 0 Å². The Kier molecular flexibility index (Phi) is 31.9. The van der Waals surface area contributed by atoms with Crippen LogP contribution >= 0.6 is 0 Å². The zero-order valence-electron chi connectivity index (χ0n) is 36.4. The number of rotatable bonds is 40. The summed E-state index contributed by atoms with van der Waals surface area (Å²) in [4.78, 5) is 0. The minimum Gasteiger partial charge on any atom is -0.392 e. The molecule has 53 heavy (non-hydrogen) atoms. The molecule has 12 nitrogen and oxygen atoms in total. The van der Waals surface area contributed by atoms with Gasteiger partial charge in [-0.2, -0.15) is 0 Å². The molecule has 0 heterocycles. The predicted octanol–water partition coefficient (Wildman–Crippen LogP) is 8.62. The second-order valence-corrected chi connectivity index (χ2v) is 42.6. The first kappa shape index (κ1) is 53.6. The van der Waals surface area contributed by atoms with Gasteiger partial charge in [-0.1, -0.05) is 83.1 Å². The molecule has 0 aromatic rings. The molecule has 0 atom stereocenters. The van der Waals surface area contributed by atoms with Crippen molar-refractivity contribution in [1.29, 1.82) is 0 Å². The van der Waals surface area contributed by atoms with E-state index in [-0.39, 0.29) is 0 Å². The molecule has 0 N–H and O–H groups in total. The third kappa shape index (κ3) is 14.4. The molecule has 0 spiro atoms. The van der Waals surface area contributed by atoms with Gasteiger partial charge in [0, 0.05) is 79.3 Å². The van der Waals surface area contributed by atoms with E-state index in [0.29, 0.717) is 118 Å². The maximum Gasteiger partial charge on any atom is 0.541 e. The number of hydrogen-bond acceptors (Lipinski definition) is 12. The summed E-state index contributed by atoms with van der Waals surface area (Å²) in [5.41, 5.74) is 0. The summed E-state index contributed by atoms with van der Waals surface area (Å²) in [5, 5.41) is 0. The molecule has 0 aliphatic carbocycles. The zero-order chi connectivity index (χ0) is 40.0. The van der Waals surface area contributed by atoms with Gasteiger partial charge >= 0.3 is 39.4 Å². The van der Waals surface area contributed by atoms with Gasteiger partial charge in [0.05, 0.1) is 0 Å². The van der Waals surface area contributed by atoms with Crippen molar-refractivity contribution in [3.05, 3.63) is 0 Å². The molecule has 0 aliphatic rings. The van der Waals surface area contributed by atoms with E-state index in [1.807, 2.05) is 0 Å². The molecule has 17 heteroatoms. The van der Waals surface area contributed by atoms with Gasteiger partial charge in [0.2, 0.25) is 0 Å². The van der Waals surface area contributed by atoms with Crippen LogP contribution < -0.4 is 0 Å². The molecular formula is C36H84O12Si5. The molecule has 0 saturated carbocycles. The smallest absolute Gasteiger partial charge is 0.392 e. The van der Waals surface area contributed by atoms with Crippen LogP contribution in [0.15, 0.2) is 0 Å². The fourth-order valence-electron chi connectivity index (χ4n) is 5.57. The largest absolute Gasteiger partial charge is 0.541 e. The van der Waals surface area contributed by atoms with Crippen LogP contribution in [-0.2, 0) is 53.1 Å². The fourth-order valence-corrected chi connectivity index (χ4v) is 76.8. The summed E-state index contributed by atoms with van der Waals surface area (Å²) >= 11 is 0. The van der Waals surface area contributed by atoms with Crippen molar-refractivity contribution in [1.82, 2.24) is 0 Å². The van der Waals surface area contributed by atoms with Gasteiger partial charge in [0.1, 0.15) is 0 Å². The number of hydrogen-bond donors (Lipinski definition) is 0. The first-order valence-corrected chi connectivity index (χ1v) is 34.3. The third-order valence-electron chi connectivity index (χ3n) is 7.71. The Morgan fingerprint density at radius 2 is 0.321 bits per heavy atom. The lowest BCUT2D eigenvalue weighted by Crippen LogP contribution is -2.99. The molecule has 0 amide bonds. The minimum atomic E-state index is -4.35. The highest BCUT2D eigenvalue weighted by Gasteiger charge is 2.97. The van der Waals surface area contributed by atoms with Crippen LogP contribution in [0.4, 0.5) is 0 Å². The lowest BCUT2D eigenvalue weighted by molar-refractivity contribution is 0.0423. The predicted molar refractivity (Wildman–Crippen MR) is 224 cm³/mol. The maximum absolute atomic E-state index is 7.62. The summed E-state index contributed by atoms with van der Waals surface area (Å²) in [6.45, 7) is 29.6. The Morgan fingerprint density at radius 1 is 0.189 bits per heavy atom. The van der Waals surface area contributed by atoms with Gasteiger partial charge in [-0.3, -0.25) is 0 Å². The van der Waals surface area contributed by atoms with E-state index < -0.39 is 39.4 Å². The molecule has 0 rings (SSSR count). The van der Waals surface area contributed by atoms with Crippen LogP contribution in [0, 0.1) is 0 Å². The van der Waals surface area contributed by atoms with E-state index in [1.54, 1.807) is 0 Å². The Balaban J connectivity index is 9.54. The molecule has 0 aromatic heterocycles.